The van der Waals surface area contributed by atoms with Crippen LogP contribution in [-0.4, -0.2) is 18.5 Å². The fourth-order valence-electron chi connectivity index (χ4n) is 3.76. The van der Waals surface area contributed by atoms with E-state index in [2.05, 4.69) is 6.07 Å². The van der Waals surface area contributed by atoms with E-state index in [0.29, 0.717) is 6.61 Å². The summed E-state index contributed by atoms with van der Waals surface area (Å²) < 4.78 is 31.4. The molecule has 132 valence electrons. The van der Waals surface area contributed by atoms with Crippen molar-refractivity contribution in [2.24, 2.45) is 0 Å². The van der Waals surface area contributed by atoms with Gasteiger partial charge in [0.05, 0.1) is 12.7 Å². The first-order chi connectivity index (χ1) is 12.0. The Morgan fingerprint density at radius 3 is 2.72 bits per heavy atom. The fourth-order valence-corrected chi connectivity index (χ4v) is 3.76. The molecule has 2 heterocycles. The number of hydrogen-bond acceptors (Lipinski definition) is 3. The van der Waals surface area contributed by atoms with E-state index in [-0.39, 0.29) is 17.8 Å². The summed E-state index contributed by atoms with van der Waals surface area (Å²) in [6.07, 6.45) is 2.73. The molecule has 2 atom stereocenters. The first kappa shape index (κ1) is 16.6. The van der Waals surface area contributed by atoms with Gasteiger partial charge in [-0.05, 0) is 74.4 Å². The van der Waals surface area contributed by atoms with E-state index in [4.69, 9.17) is 14.2 Å². The van der Waals surface area contributed by atoms with Gasteiger partial charge in [-0.15, -0.1) is 0 Å². The molecule has 1 saturated heterocycles. The normalized spacial score (nSPS) is 24.1. The van der Waals surface area contributed by atoms with Crippen LogP contribution < -0.4 is 4.74 Å². The highest BCUT2D eigenvalue weighted by molar-refractivity contribution is 5.47. The summed E-state index contributed by atoms with van der Waals surface area (Å²) in [5.41, 5.74) is 2.10. The van der Waals surface area contributed by atoms with Crippen molar-refractivity contribution in [3.05, 3.63) is 59.4 Å². The van der Waals surface area contributed by atoms with Crippen LogP contribution in [0.25, 0.3) is 0 Å². The lowest BCUT2D eigenvalue weighted by atomic mass is 9.87. The van der Waals surface area contributed by atoms with Crippen LogP contribution in [0.4, 0.5) is 4.39 Å². The number of fused-ring (bicyclic) bond motifs is 2. The van der Waals surface area contributed by atoms with Gasteiger partial charge in [-0.3, -0.25) is 0 Å². The summed E-state index contributed by atoms with van der Waals surface area (Å²) >= 11 is 0. The summed E-state index contributed by atoms with van der Waals surface area (Å²) in [5.74, 6) is 1.16. The molecule has 0 amide bonds. The Morgan fingerprint density at radius 2 is 1.92 bits per heavy atom. The maximum atomic E-state index is 13.7. The maximum absolute atomic E-state index is 13.7. The van der Waals surface area contributed by atoms with Crippen LogP contribution in [0.3, 0.4) is 0 Å². The number of ether oxygens (including phenoxy) is 3. The maximum Gasteiger partial charge on any atom is 0.163 e. The summed E-state index contributed by atoms with van der Waals surface area (Å²) in [4.78, 5) is 0. The largest absolute Gasteiger partial charge is 0.457 e. The molecule has 0 aliphatic carbocycles. The van der Waals surface area contributed by atoms with E-state index in [1.807, 2.05) is 32.0 Å². The zero-order valence-electron chi connectivity index (χ0n) is 14.6. The molecule has 0 spiro atoms. The third-order valence-corrected chi connectivity index (χ3v) is 4.97. The quantitative estimate of drug-likeness (QED) is 0.768. The molecule has 3 nitrogen and oxygen atoms in total. The van der Waals surface area contributed by atoms with Gasteiger partial charge in [0.1, 0.15) is 17.3 Å². The lowest BCUT2D eigenvalue weighted by Crippen LogP contribution is -2.21. The minimum absolute atomic E-state index is 0.110. The van der Waals surface area contributed by atoms with Crippen molar-refractivity contribution in [2.45, 2.75) is 50.9 Å². The first-order valence-electron chi connectivity index (χ1n) is 8.87. The smallest absolute Gasteiger partial charge is 0.163 e. The third-order valence-electron chi connectivity index (χ3n) is 4.97. The van der Waals surface area contributed by atoms with Gasteiger partial charge in [-0.1, -0.05) is 18.2 Å². The molecule has 0 saturated carbocycles. The third kappa shape index (κ3) is 3.55. The second-order valence-corrected chi connectivity index (χ2v) is 7.32. The Morgan fingerprint density at radius 1 is 1.08 bits per heavy atom. The van der Waals surface area contributed by atoms with Gasteiger partial charge < -0.3 is 14.2 Å². The van der Waals surface area contributed by atoms with Crippen molar-refractivity contribution >= 4 is 0 Å². The fraction of sp³-hybridized carbons (Fsp3) is 0.429. The van der Waals surface area contributed by atoms with Crippen molar-refractivity contribution in [3.63, 3.8) is 0 Å². The van der Waals surface area contributed by atoms with Crippen LogP contribution in [0.2, 0.25) is 0 Å². The van der Waals surface area contributed by atoms with E-state index in [1.54, 1.807) is 12.1 Å². The van der Waals surface area contributed by atoms with E-state index < -0.39 is 5.79 Å². The van der Waals surface area contributed by atoms with E-state index in [1.165, 1.54) is 11.6 Å². The van der Waals surface area contributed by atoms with Gasteiger partial charge in [0.2, 0.25) is 0 Å². The molecular formula is C21H23FO3. The van der Waals surface area contributed by atoms with Crippen molar-refractivity contribution in [3.8, 4) is 11.5 Å². The number of hydrogen-bond donors (Lipinski definition) is 0. The van der Waals surface area contributed by atoms with Gasteiger partial charge >= 0.3 is 0 Å². The number of para-hydroxylation sites is 1. The Balaban J connectivity index is 1.57. The van der Waals surface area contributed by atoms with Gasteiger partial charge in [0.15, 0.2) is 5.79 Å². The van der Waals surface area contributed by atoms with Crippen molar-refractivity contribution in [2.75, 3.05) is 6.61 Å². The van der Waals surface area contributed by atoms with E-state index in [0.717, 1.165) is 36.3 Å². The second-order valence-electron chi connectivity index (χ2n) is 7.32. The minimum Gasteiger partial charge on any atom is -0.457 e. The minimum atomic E-state index is -0.495. The average molecular weight is 342 g/mol. The predicted molar refractivity (Wildman–Crippen MR) is 93.5 cm³/mol. The first-order valence-corrected chi connectivity index (χ1v) is 8.87. The topological polar surface area (TPSA) is 27.7 Å². The van der Waals surface area contributed by atoms with Gasteiger partial charge in [0, 0.05) is 0 Å². The van der Waals surface area contributed by atoms with E-state index in [9.17, 15) is 4.39 Å². The SMILES string of the molecule is CC1(C)OC[C@@H](CC[C@H]2Cc3cc(F)ccc3Oc3ccccc32)O1. The molecule has 2 aromatic carbocycles. The molecule has 2 aliphatic heterocycles. The highest BCUT2D eigenvalue weighted by atomic mass is 19.1. The molecule has 1 fully saturated rings. The molecule has 2 aromatic rings. The number of halogens is 1. The van der Waals surface area contributed by atoms with Gasteiger partial charge in [0.25, 0.3) is 0 Å². The number of benzene rings is 2. The van der Waals surface area contributed by atoms with Gasteiger partial charge in [-0.25, -0.2) is 4.39 Å². The summed E-state index contributed by atoms with van der Waals surface area (Å²) in [6.45, 7) is 4.52. The Labute approximate surface area is 147 Å². The Kier molecular flexibility index (Phi) is 4.26. The molecule has 4 rings (SSSR count). The zero-order valence-corrected chi connectivity index (χ0v) is 14.6. The monoisotopic (exact) mass is 342 g/mol. The Hall–Kier alpha value is -1.91. The standard InChI is InChI=1S/C21H23FO3/c1-21(2)23-13-17(25-21)9-7-14-11-15-12-16(22)8-10-19(15)24-20-6-4-3-5-18(14)20/h3-6,8,10,12,14,17H,7,9,11,13H2,1-2H3/t14-,17+/m0/s1. The zero-order chi connectivity index (χ0) is 17.4. The van der Waals surface area contributed by atoms with Crippen LogP contribution >= 0.6 is 0 Å². The molecule has 0 aromatic heterocycles. The molecule has 0 radical (unpaired) electrons. The molecular weight excluding hydrogens is 319 g/mol. The van der Waals surface area contributed by atoms with Crippen LogP contribution in [0.5, 0.6) is 11.5 Å². The highest BCUT2D eigenvalue weighted by Gasteiger charge is 2.33. The lowest BCUT2D eigenvalue weighted by molar-refractivity contribution is -0.139. The molecule has 25 heavy (non-hydrogen) atoms. The Bertz CT molecular complexity index is 771. The predicted octanol–water partition coefficient (Wildman–Crippen LogP) is 5.19. The van der Waals surface area contributed by atoms with Crippen LogP contribution in [0, 0.1) is 5.82 Å². The van der Waals surface area contributed by atoms with Crippen molar-refractivity contribution in [1.82, 2.24) is 0 Å². The highest BCUT2D eigenvalue weighted by Crippen LogP contribution is 2.42. The molecule has 2 aliphatic rings. The molecule has 4 heteroatoms. The lowest BCUT2D eigenvalue weighted by Gasteiger charge is -2.20. The van der Waals surface area contributed by atoms with Gasteiger partial charge in [-0.2, -0.15) is 0 Å². The van der Waals surface area contributed by atoms with E-state index >= 15 is 0 Å². The molecule has 0 bridgehead atoms. The van der Waals surface area contributed by atoms with Crippen molar-refractivity contribution in [1.29, 1.82) is 0 Å². The number of rotatable bonds is 3. The molecule has 0 unspecified atom stereocenters. The summed E-state index contributed by atoms with van der Waals surface area (Å²) in [5, 5.41) is 0. The van der Waals surface area contributed by atoms with Crippen molar-refractivity contribution < 1.29 is 18.6 Å². The summed E-state index contributed by atoms with van der Waals surface area (Å²) in [7, 11) is 0. The van der Waals surface area contributed by atoms with Crippen LogP contribution in [0.1, 0.15) is 43.7 Å². The van der Waals surface area contributed by atoms with Crippen LogP contribution in [0.15, 0.2) is 42.5 Å². The molecule has 0 N–H and O–H groups in total. The second kappa shape index (κ2) is 6.43. The van der Waals surface area contributed by atoms with Crippen LogP contribution in [-0.2, 0) is 15.9 Å². The summed E-state index contributed by atoms with van der Waals surface area (Å²) in [6, 6.07) is 12.9. The average Bonchev–Trinajstić information content (AvgIpc) is 2.84.